The van der Waals surface area contributed by atoms with E-state index in [4.69, 9.17) is 0 Å². The van der Waals surface area contributed by atoms with Crippen LogP contribution in [0.3, 0.4) is 0 Å². The number of amides is 1. The lowest BCUT2D eigenvalue weighted by atomic mass is 10.0. The molecule has 0 aromatic carbocycles. The number of nitrogens with one attached hydrogen (secondary N) is 1. The quantitative estimate of drug-likeness (QED) is 0.462. The zero-order chi connectivity index (χ0) is 7.84. The van der Waals surface area contributed by atoms with Gasteiger partial charge in [0.15, 0.2) is 0 Å². The van der Waals surface area contributed by atoms with Crippen molar-refractivity contribution >= 4 is 6.09 Å². The topological polar surface area (TPSA) is 55.4 Å². The first-order valence-electron chi connectivity index (χ1n) is 3.94. The summed E-state index contributed by atoms with van der Waals surface area (Å²) in [6.07, 6.45) is -1.01. The first-order valence-corrected chi connectivity index (χ1v) is 3.94. The number of carboxylic acid groups (broad SMARTS) is 1. The van der Waals surface area contributed by atoms with Crippen LogP contribution in [0, 0.1) is 11.8 Å². The summed E-state index contributed by atoms with van der Waals surface area (Å²) in [6.45, 7) is 3.27. The highest BCUT2D eigenvalue weighted by Crippen LogP contribution is 2.25. The van der Waals surface area contributed by atoms with Gasteiger partial charge in [-0.2, -0.15) is 0 Å². The average Bonchev–Trinajstić information content (AvgIpc) is 2.40. The predicted molar refractivity (Wildman–Crippen MR) is 36.8 cm³/mol. The zero-order valence-electron chi connectivity index (χ0n) is 6.25. The third kappa shape index (κ3) is 1.07. The monoisotopic (exact) mass is 155 g/mol. The van der Waals surface area contributed by atoms with E-state index in [1.807, 2.05) is 0 Å². The Kier molecular flexibility index (Phi) is 1.49. The highest BCUT2D eigenvalue weighted by Gasteiger charge is 2.35. The number of fused-ring (bicyclic) bond motifs is 1. The number of likely N-dealkylation sites (tertiary alicyclic amines) is 1. The van der Waals surface area contributed by atoms with Gasteiger partial charge in [-0.25, -0.2) is 0 Å². The van der Waals surface area contributed by atoms with Crippen molar-refractivity contribution in [2.75, 3.05) is 26.2 Å². The molecule has 2 aliphatic rings. The number of carbonyl (C=O) groups excluding carboxylic acids is 1. The molecule has 2 fully saturated rings. The van der Waals surface area contributed by atoms with Gasteiger partial charge in [-0.05, 0) is 11.8 Å². The molecule has 4 heteroatoms. The highest BCUT2D eigenvalue weighted by molar-refractivity contribution is 5.63. The molecule has 0 unspecified atom stereocenters. The Balaban J connectivity index is 1.99. The maximum atomic E-state index is 10.4. The number of nitrogens with zero attached hydrogens (tertiary/aromatic N) is 1. The maximum Gasteiger partial charge on any atom is 0.136 e. The summed E-state index contributed by atoms with van der Waals surface area (Å²) in [6, 6.07) is 0. The van der Waals surface area contributed by atoms with Crippen LogP contribution in [-0.2, 0) is 0 Å². The van der Waals surface area contributed by atoms with Crippen LogP contribution in [0.2, 0.25) is 0 Å². The maximum absolute atomic E-state index is 10.4. The normalized spacial score (nSPS) is 35.8. The first-order chi connectivity index (χ1) is 5.27. The second-order valence-electron chi connectivity index (χ2n) is 3.35. The molecular weight excluding hydrogens is 144 g/mol. The Hall–Kier alpha value is -0.770. The minimum absolute atomic E-state index is 0.535. The zero-order valence-corrected chi connectivity index (χ0v) is 6.25. The molecule has 2 atom stereocenters. The summed E-state index contributed by atoms with van der Waals surface area (Å²) in [5, 5.41) is 13.7. The third-order valence-corrected chi connectivity index (χ3v) is 2.65. The molecule has 1 amide bonds. The van der Waals surface area contributed by atoms with Crippen LogP contribution in [0.5, 0.6) is 0 Å². The number of rotatable bonds is 0. The van der Waals surface area contributed by atoms with E-state index in [1.54, 1.807) is 0 Å². The largest absolute Gasteiger partial charge is 0.530 e. The first kappa shape index (κ1) is 6.91. The molecule has 4 nitrogen and oxygen atoms in total. The van der Waals surface area contributed by atoms with Crippen molar-refractivity contribution in [2.24, 2.45) is 11.8 Å². The van der Waals surface area contributed by atoms with Crippen LogP contribution >= 0.6 is 0 Å². The van der Waals surface area contributed by atoms with E-state index in [-0.39, 0.29) is 0 Å². The van der Waals surface area contributed by atoms with E-state index in [1.165, 1.54) is 4.90 Å². The lowest BCUT2D eigenvalue weighted by molar-refractivity contribution is -0.264. The molecule has 0 radical (unpaired) electrons. The van der Waals surface area contributed by atoms with Crippen molar-refractivity contribution in [3.8, 4) is 0 Å². The standard InChI is InChI=1S/C7H12N2O2/c10-7(11)9-3-5-1-8-2-6(5)4-9/h5-6,8H,1-4H2,(H,10,11)/p-1/t5-,6+. The van der Waals surface area contributed by atoms with Crippen LogP contribution in [0.4, 0.5) is 4.79 Å². The van der Waals surface area contributed by atoms with Crippen molar-refractivity contribution in [2.45, 2.75) is 0 Å². The molecule has 1 N–H and O–H groups in total. The molecule has 2 aliphatic heterocycles. The fourth-order valence-electron chi connectivity index (χ4n) is 2.00. The van der Waals surface area contributed by atoms with Crippen LogP contribution in [-0.4, -0.2) is 37.2 Å². The van der Waals surface area contributed by atoms with Crippen LogP contribution in [0.25, 0.3) is 0 Å². The van der Waals surface area contributed by atoms with Crippen molar-refractivity contribution in [3.63, 3.8) is 0 Å². The van der Waals surface area contributed by atoms with Crippen molar-refractivity contribution < 1.29 is 9.90 Å². The number of hydrogen-bond acceptors (Lipinski definition) is 3. The van der Waals surface area contributed by atoms with Crippen molar-refractivity contribution in [3.05, 3.63) is 0 Å². The van der Waals surface area contributed by atoms with Crippen molar-refractivity contribution in [1.82, 2.24) is 10.2 Å². The van der Waals surface area contributed by atoms with Gasteiger partial charge in [-0.15, -0.1) is 0 Å². The molecule has 11 heavy (non-hydrogen) atoms. The molecule has 0 bridgehead atoms. The fraction of sp³-hybridized carbons (Fsp3) is 0.857. The molecular formula is C7H11N2O2-. The predicted octanol–water partition coefficient (Wildman–Crippen LogP) is -1.52. The van der Waals surface area contributed by atoms with Crippen LogP contribution < -0.4 is 10.4 Å². The molecule has 2 saturated heterocycles. The molecule has 2 rings (SSSR count). The smallest absolute Gasteiger partial charge is 0.136 e. The van der Waals surface area contributed by atoms with Gasteiger partial charge in [0.1, 0.15) is 6.09 Å². The third-order valence-electron chi connectivity index (χ3n) is 2.65. The van der Waals surface area contributed by atoms with E-state index in [2.05, 4.69) is 5.32 Å². The highest BCUT2D eigenvalue weighted by atomic mass is 16.4. The fourth-order valence-corrected chi connectivity index (χ4v) is 2.00. The Morgan fingerprint density at radius 1 is 1.36 bits per heavy atom. The van der Waals surface area contributed by atoms with E-state index >= 15 is 0 Å². The summed E-state index contributed by atoms with van der Waals surface area (Å²) < 4.78 is 0. The van der Waals surface area contributed by atoms with Gasteiger partial charge < -0.3 is 20.1 Å². The molecule has 0 aromatic heterocycles. The van der Waals surface area contributed by atoms with E-state index in [0.717, 1.165) is 13.1 Å². The van der Waals surface area contributed by atoms with Gasteiger partial charge in [-0.3, -0.25) is 0 Å². The van der Waals surface area contributed by atoms with E-state index in [0.29, 0.717) is 24.9 Å². The van der Waals surface area contributed by atoms with Crippen molar-refractivity contribution in [1.29, 1.82) is 0 Å². The Labute approximate surface area is 65.2 Å². The van der Waals surface area contributed by atoms with Crippen LogP contribution in [0.15, 0.2) is 0 Å². The van der Waals surface area contributed by atoms with Gasteiger partial charge >= 0.3 is 0 Å². The second-order valence-corrected chi connectivity index (χ2v) is 3.35. The summed E-state index contributed by atoms with van der Waals surface area (Å²) >= 11 is 0. The molecule has 0 aromatic rings. The summed E-state index contributed by atoms with van der Waals surface area (Å²) in [7, 11) is 0. The van der Waals surface area contributed by atoms with E-state index in [9.17, 15) is 9.90 Å². The van der Waals surface area contributed by atoms with Crippen LogP contribution in [0.1, 0.15) is 0 Å². The molecule has 0 spiro atoms. The Bertz CT molecular complexity index is 171. The Morgan fingerprint density at radius 3 is 2.36 bits per heavy atom. The average molecular weight is 155 g/mol. The summed E-state index contributed by atoms with van der Waals surface area (Å²) in [4.78, 5) is 11.8. The number of carbonyl (C=O) groups is 1. The lowest BCUT2D eigenvalue weighted by Crippen LogP contribution is -2.41. The number of hydrogen-bond donors (Lipinski definition) is 1. The van der Waals surface area contributed by atoms with Gasteiger partial charge in [-0.1, -0.05) is 0 Å². The lowest BCUT2D eigenvalue weighted by Gasteiger charge is -2.19. The minimum atomic E-state index is -1.01. The SMILES string of the molecule is O=C([O-])N1C[C@H]2CNC[C@H]2C1. The molecule has 2 heterocycles. The Morgan fingerprint density at radius 2 is 1.91 bits per heavy atom. The van der Waals surface area contributed by atoms with Gasteiger partial charge in [0.2, 0.25) is 0 Å². The summed E-state index contributed by atoms with van der Waals surface area (Å²) in [5.41, 5.74) is 0. The molecule has 62 valence electrons. The van der Waals surface area contributed by atoms with Gasteiger partial charge in [0.25, 0.3) is 0 Å². The molecule has 0 aliphatic carbocycles. The van der Waals surface area contributed by atoms with E-state index < -0.39 is 6.09 Å². The van der Waals surface area contributed by atoms with Gasteiger partial charge in [0.05, 0.1) is 0 Å². The summed E-state index contributed by atoms with van der Waals surface area (Å²) in [5.74, 6) is 1.07. The van der Waals surface area contributed by atoms with Gasteiger partial charge in [0, 0.05) is 26.2 Å². The minimum Gasteiger partial charge on any atom is -0.530 e. The molecule has 0 saturated carbocycles. The second kappa shape index (κ2) is 2.37.